The highest BCUT2D eigenvalue weighted by Gasteiger charge is 2.70. The molecular weight excluding hydrogens is 482 g/mol. The number of nitrogens with zero attached hydrogens (tertiary/aromatic N) is 1. The van der Waals surface area contributed by atoms with Crippen molar-refractivity contribution in [2.24, 2.45) is 11.8 Å². The van der Waals surface area contributed by atoms with E-state index in [4.69, 9.17) is 16.3 Å². The number of hydrogen-bond acceptors (Lipinski definition) is 8. The summed E-state index contributed by atoms with van der Waals surface area (Å²) in [6.45, 7) is 3.04. The van der Waals surface area contributed by atoms with Crippen molar-refractivity contribution in [3.63, 3.8) is 0 Å². The predicted octanol–water partition coefficient (Wildman–Crippen LogP) is 2.57. The van der Waals surface area contributed by atoms with Gasteiger partial charge in [-0.2, -0.15) is 0 Å². The maximum absolute atomic E-state index is 13.3. The Balaban J connectivity index is 2.49. The summed E-state index contributed by atoms with van der Waals surface area (Å²) in [7, 11) is -2.83. The molecular formula is C24H28ClNO7S. The number of methoxy groups -OCH3 is 1. The fourth-order valence-corrected chi connectivity index (χ4v) is 6.55. The molecule has 1 aliphatic rings. The molecule has 2 aromatic rings. The van der Waals surface area contributed by atoms with Gasteiger partial charge in [-0.15, -0.1) is 0 Å². The van der Waals surface area contributed by atoms with Crippen LogP contribution in [0.1, 0.15) is 31.0 Å². The summed E-state index contributed by atoms with van der Waals surface area (Å²) in [5.74, 6) is -5.15. The van der Waals surface area contributed by atoms with Gasteiger partial charge in [0.2, 0.25) is 0 Å². The molecule has 6 atom stereocenters. The number of sulfone groups is 1. The Morgan fingerprint density at radius 3 is 2.41 bits per heavy atom. The van der Waals surface area contributed by atoms with Crippen LogP contribution in [-0.2, 0) is 25.0 Å². The van der Waals surface area contributed by atoms with Crippen LogP contribution in [0.5, 0.6) is 5.75 Å². The van der Waals surface area contributed by atoms with Crippen LogP contribution in [0.2, 0.25) is 5.02 Å². The number of carbonyl (C=O) groups is 1. The van der Waals surface area contributed by atoms with Crippen LogP contribution < -0.4 is 0 Å². The van der Waals surface area contributed by atoms with Crippen molar-refractivity contribution in [3.05, 3.63) is 71.0 Å². The SMILES string of the molecule is C/C=C\C(C)(C1[C@H](c2ccccc2)[C@@H](C(=O)OC)[C@@H](O)[C@@]1(O)c1ncc(Cl)cc1O)S(C)(=O)=O. The third-order valence-electron chi connectivity index (χ3n) is 6.80. The second kappa shape index (κ2) is 9.30. The Morgan fingerprint density at radius 2 is 1.91 bits per heavy atom. The largest absolute Gasteiger partial charge is 0.506 e. The van der Waals surface area contributed by atoms with Gasteiger partial charge in [0.05, 0.1) is 22.8 Å². The number of pyridine rings is 1. The maximum atomic E-state index is 13.3. The summed E-state index contributed by atoms with van der Waals surface area (Å²) in [6, 6.07) is 9.64. The number of esters is 1. The first kappa shape index (κ1) is 26.2. The zero-order chi connectivity index (χ0) is 25.5. The minimum Gasteiger partial charge on any atom is -0.506 e. The number of halogens is 1. The van der Waals surface area contributed by atoms with E-state index in [1.165, 1.54) is 19.1 Å². The fourth-order valence-electron chi connectivity index (χ4n) is 5.23. The summed E-state index contributed by atoms with van der Waals surface area (Å²) >= 11 is 5.93. The van der Waals surface area contributed by atoms with Gasteiger partial charge in [0, 0.05) is 30.4 Å². The summed E-state index contributed by atoms with van der Waals surface area (Å²) in [6.07, 6.45) is 3.24. The first-order valence-electron chi connectivity index (χ1n) is 10.6. The van der Waals surface area contributed by atoms with Crippen LogP contribution in [0.25, 0.3) is 0 Å². The van der Waals surface area contributed by atoms with E-state index in [1.54, 1.807) is 37.3 Å². The van der Waals surface area contributed by atoms with Crippen molar-refractivity contribution in [1.82, 2.24) is 4.98 Å². The van der Waals surface area contributed by atoms with Crippen LogP contribution >= 0.6 is 11.6 Å². The number of aliphatic hydroxyl groups excluding tert-OH is 1. The average Bonchev–Trinajstić information content (AvgIpc) is 3.01. The monoisotopic (exact) mass is 509 g/mol. The molecule has 1 aromatic carbocycles. The van der Waals surface area contributed by atoms with Gasteiger partial charge in [-0.1, -0.05) is 54.1 Å². The van der Waals surface area contributed by atoms with E-state index in [9.17, 15) is 28.5 Å². The number of ether oxygens (including phenoxy) is 1. The molecule has 3 N–H and O–H groups in total. The third kappa shape index (κ3) is 4.00. The molecule has 2 unspecified atom stereocenters. The molecule has 0 saturated heterocycles. The van der Waals surface area contributed by atoms with Gasteiger partial charge in [0.25, 0.3) is 0 Å². The molecule has 184 valence electrons. The second-order valence-corrected chi connectivity index (χ2v) is 11.6. The van der Waals surface area contributed by atoms with Gasteiger partial charge in [0.1, 0.15) is 23.1 Å². The van der Waals surface area contributed by atoms with E-state index in [1.807, 2.05) is 0 Å². The number of rotatable bonds is 6. The molecule has 0 spiro atoms. The van der Waals surface area contributed by atoms with Gasteiger partial charge in [-0.05, 0) is 19.4 Å². The Kier molecular flexibility index (Phi) is 7.15. The lowest BCUT2D eigenvalue weighted by Gasteiger charge is -2.43. The van der Waals surface area contributed by atoms with Crippen molar-refractivity contribution in [2.45, 2.75) is 36.2 Å². The minimum atomic E-state index is -3.98. The molecule has 1 heterocycles. The Morgan fingerprint density at radius 1 is 1.29 bits per heavy atom. The van der Waals surface area contributed by atoms with Crippen LogP contribution in [-0.4, -0.2) is 58.9 Å². The summed E-state index contributed by atoms with van der Waals surface area (Å²) < 4.78 is 29.7. The van der Waals surface area contributed by atoms with Gasteiger partial charge >= 0.3 is 5.97 Å². The van der Waals surface area contributed by atoms with Crippen molar-refractivity contribution in [1.29, 1.82) is 0 Å². The van der Waals surface area contributed by atoms with Gasteiger partial charge in [-0.25, -0.2) is 8.42 Å². The number of aliphatic hydroxyl groups is 2. The van der Waals surface area contributed by atoms with Crippen LogP contribution in [0.4, 0.5) is 0 Å². The van der Waals surface area contributed by atoms with Crippen LogP contribution in [0.3, 0.4) is 0 Å². The van der Waals surface area contributed by atoms with Gasteiger partial charge in [-0.3, -0.25) is 9.78 Å². The molecule has 8 nitrogen and oxygen atoms in total. The highest BCUT2D eigenvalue weighted by atomic mass is 35.5. The fraction of sp³-hybridized carbons (Fsp3) is 0.417. The van der Waals surface area contributed by atoms with Crippen molar-refractivity contribution >= 4 is 27.4 Å². The lowest BCUT2D eigenvalue weighted by molar-refractivity contribution is -0.155. The number of allylic oxidation sites excluding steroid dienone is 1. The summed E-state index contributed by atoms with van der Waals surface area (Å²) in [4.78, 5) is 17.1. The molecule has 10 heteroatoms. The summed E-state index contributed by atoms with van der Waals surface area (Å²) in [5, 5.41) is 34.5. The minimum absolute atomic E-state index is 0.0670. The molecule has 1 aliphatic carbocycles. The molecule has 0 aliphatic heterocycles. The molecule has 0 amide bonds. The average molecular weight is 510 g/mol. The van der Waals surface area contributed by atoms with E-state index >= 15 is 0 Å². The highest BCUT2D eigenvalue weighted by molar-refractivity contribution is 7.92. The molecule has 0 radical (unpaired) electrons. The van der Waals surface area contributed by atoms with E-state index in [2.05, 4.69) is 4.98 Å². The molecule has 1 aromatic heterocycles. The van der Waals surface area contributed by atoms with Gasteiger partial charge in [0.15, 0.2) is 9.84 Å². The Hall–Kier alpha value is -2.46. The van der Waals surface area contributed by atoms with E-state index in [0.29, 0.717) is 5.56 Å². The predicted molar refractivity (Wildman–Crippen MR) is 127 cm³/mol. The lowest BCUT2D eigenvalue weighted by atomic mass is 9.71. The normalized spacial score (nSPS) is 29.1. The quantitative estimate of drug-likeness (QED) is 0.399. The van der Waals surface area contributed by atoms with Crippen molar-refractivity contribution in [2.75, 3.05) is 13.4 Å². The van der Waals surface area contributed by atoms with Crippen LogP contribution in [0.15, 0.2) is 54.7 Å². The van der Waals surface area contributed by atoms with E-state index in [-0.39, 0.29) is 10.7 Å². The number of hydrogen-bond donors (Lipinski definition) is 3. The first-order valence-corrected chi connectivity index (χ1v) is 12.8. The van der Waals surface area contributed by atoms with E-state index < -0.39 is 55.8 Å². The highest BCUT2D eigenvalue weighted by Crippen LogP contribution is 2.61. The molecule has 34 heavy (non-hydrogen) atoms. The lowest BCUT2D eigenvalue weighted by Crippen LogP contribution is -2.54. The number of aromatic hydroxyl groups is 1. The van der Waals surface area contributed by atoms with Crippen molar-refractivity contribution in [3.8, 4) is 5.75 Å². The molecule has 0 bridgehead atoms. The second-order valence-electron chi connectivity index (χ2n) is 8.71. The molecule has 3 rings (SSSR count). The molecule has 1 saturated carbocycles. The Labute approximate surface area is 203 Å². The smallest absolute Gasteiger partial charge is 0.312 e. The topological polar surface area (TPSA) is 134 Å². The van der Waals surface area contributed by atoms with Crippen molar-refractivity contribution < 1.29 is 33.3 Å². The Bertz CT molecular complexity index is 1200. The number of benzene rings is 1. The zero-order valence-electron chi connectivity index (χ0n) is 19.2. The standard InChI is InChI=1S/C24H28ClNO7S/c1-5-11-23(2,34(4,31)32)19-17(14-9-7-6-8-10-14)18(22(29)33-3)21(28)24(19,30)20-16(27)12-15(25)13-26-20/h5-13,17-19,21,27-28,30H,1-4H3/b11-5-/t17-,18-,19?,21-,23?,24+/m1/s1. The van der Waals surface area contributed by atoms with Gasteiger partial charge < -0.3 is 20.1 Å². The van der Waals surface area contributed by atoms with Crippen LogP contribution in [0, 0.1) is 11.8 Å². The maximum Gasteiger partial charge on any atom is 0.312 e. The molecule has 1 fully saturated rings. The van der Waals surface area contributed by atoms with E-state index in [0.717, 1.165) is 25.6 Å². The first-order chi connectivity index (χ1) is 15.8. The number of aromatic nitrogens is 1. The summed E-state index contributed by atoms with van der Waals surface area (Å²) in [5.41, 5.74) is -2.36. The number of carbonyl (C=O) groups excluding carboxylic acids is 1. The third-order valence-corrected chi connectivity index (χ3v) is 8.99. The zero-order valence-corrected chi connectivity index (χ0v) is 20.8.